The topological polar surface area (TPSA) is 49.9 Å². The zero-order valence-corrected chi connectivity index (χ0v) is 18.3. The first kappa shape index (κ1) is 21.2. The number of hydrogen-bond donors (Lipinski definition) is 0. The number of rotatable bonds is 7. The zero-order valence-electron chi connectivity index (χ0n) is 18.3. The lowest BCUT2D eigenvalue weighted by Crippen LogP contribution is -2.39. The summed E-state index contributed by atoms with van der Waals surface area (Å²) in [6, 6.07) is 17.5. The van der Waals surface area contributed by atoms with Crippen LogP contribution in [0.1, 0.15) is 37.8 Å². The van der Waals surface area contributed by atoms with Gasteiger partial charge in [-0.15, -0.1) is 0 Å². The molecule has 0 unspecified atom stereocenters. The molecule has 2 aliphatic rings. The average molecular weight is 419 g/mol. The fourth-order valence-electron chi connectivity index (χ4n) is 4.32. The SMILES string of the molecule is CCOc1ccc(C2=C(N3CCC(C)CC3)C(=O)N(CCc3ccccc3)C2=O)cc1. The van der Waals surface area contributed by atoms with Gasteiger partial charge in [-0.1, -0.05) is 49.4 Å². The average Bonchev–Trinajstić information content (AvgIpc) is 3.04. The van der Waals surface area contributed by atoms with E-state index in [1.807, 2.05) is 61.5 Å². The van der Waals surface area contributed by atoms with Crippen molar-refractivity contribution in [1.29, 1.82) is 0 Å². The molecule has 0 spiro atoms. The van der Waals surface area contributed by atoms with Crippen LogP contribution in [0.5, 0.6) is 5.75 Å². The van der Waals surface area contributed by atoms with Crippen LogP contribution in [-0.4, -0.2) is 47.9 Å². The molecule has 0 radical (unpaired) electrons. The van der Waals surface area contributed by atoms with Gasteiger partial charge in [0.2, 0.25) is 0 Å². The van der Waals surface area contributed by atoms with Gasteiger partial charge in [-0.25, -0.2) is 0 Å². The lowest BCUT2D eigenvalue weighted by atomic mass is 9.97. The van der Waals surface area contributed by atoms with E-state index in [9.17, 15) is 9.59 Å². The predicted octanol–water partition coefficient (Wildman–Crippen LogP) is 4.14. The van der Waals surface area contributed by atoms with Crippen molar-refractivity contribution in [3.8, 4) is 5.75 Å². The second-order valence-electron chi connectivity index (χ2n) is 8.35. The molecular formula is C26H30N2O3. The Labute approximate surface area is 184 Å². The van der Waals surface area contributed by atoms with Crippen LogP contribution in [0.25, 0.3) is 5.57 Å². The Bertz CT molecular complexity index is 958. The molecule has 2 aromatic rings. The van der Waals surface area contributed by atoms with Crippen LogP contribution in [0.3, 0.4) is 0 Å². The smallest absolute Gasteiger partial charge is 0.277 e. The number of amides is 2. The number of carbonyl (C=O) groups excluding carboxylic acids is 2. The first-order valence-corrected chi connectivity index (χ1v) is 11.2. The van der Waals surface area contributed by atoms with Crippen molar-refractivity contribution in [3.63, 3.8) is 0 Å². The molecule has 2 aromatic carbocycles. The number of likely N-dealkylation sites (tertiary alicyclic amines) is 1. The summed E-state index contributed by atoms with van der Waals surface area (Å²) in [7, 11) is 0. The van der Waals surface area contributed by atoms with E-state index in [0.717, 1.165) is 42.8 Å². The van der Waals surface area contributed by atoms with E-state index in [1.165, 1.54) is 4.90 Å². The second-order valence-corrected chi connectivity index (χ2v) is 8.35. The monoisotopic (exact) mass is 418 g/mol. The van der Waals surface area contributed by atoms with Crippen LogP contribution in [0.4, 0.5) is 0 Å². The van der Waals surface area contributed by atoms with Gasteiger partial charge in [-0.2, -0.15) is 0 Å². The zero-order chi connectivity index (χ0) is 21.8. The van der Waals surface area contributed by atoms with Crippen molar-refractivity contribution in [3.05, 3.63) is 71.4 Å². The molecule has 2 heterocycles. The molecule has 31 heavy (non-hydrogen) atoms. The molecule has 2 aliphatic heterocycles. The Hall–Kier alpha value is -3.08. The van der Waals surface area contributed by atoms with E-state index >= 15 is 0 Å². The number of hydrogen-bond acceptors (Lipinski definition) is 4. The minimum absolute atomic E-state index is 0.167. The van der Waals surface area contributed by atoms with Gasteiger partial charge in [0.25, 0.3) is 11.8 Å². The Morgan fingerprint density at radius 1 is 0.935 bits per heavy atom. The number of ether oxygens (including phenoxy) is 1. The highest BCUT2D eigenvalue weighted by Gasteiger charge is 2.41. The molecule has 0 aromatic heterocycles. The fourth-order valence-corrected chi connectivity index (χ4v) is 4.32. The van der Waals surface area contributed by atoms with Crippen LogP contribution in [-0.2, 0) is 16.0 Å². The summed E-state index contributed by atoms with van der Waals surface area (Å²) in [6.07, 6.45) is 2.72. The molecule has 1 fully saturated rings. The summed E-state index contributed by atoms with van der Waals surface area (Å²) in [5.41, 5.74) is 2.98. The van der Waals surface area contributed by atoms with Crippen LogP contribution >= 0.6 is 0 Å². The second kappa shape index (κ2) is 9.38. The van der Waals surface area contributed by atoms with Gasteiger partial charge in [0, 0.05) is 19.6 Å². The maximum absolute atomic E-state index is 13.5. The molecule has 0 bridgehead atoms. The van der Waals surface area contributed by atoms with Crippen LogP contribution < -0.4 is 4.74 Å². The standard InChI is InChI=1S/C26H30N2O3/c1-3-31-22-11-9-21(10-12-22)23-24(27-16-13-19(2)14-17-27)26(30)28(25(23)29)18-15-20-7-5-4-6-8-20/h4-12,19H,3,13-18H2,1-2H3. The molecule has 5 nitrogen and oxygen atoms in total. The highest BCUT2D eigenvalue weighted by atomic mass is 16.5. The lowest BCUT2D eigenvalue weighted by Gasteiger charge is -2.32. The molecule has 162 valence electrons. The van der Waals surface area contributed by atoms with Crippen molar-refractivity contribution >= 4 is 17.4 Å². The fraction of sp³-hybridized carbons (Fsp3) is 0.385. The summed E-state index contributed by atoms with van der Waals surface area (Å²) in [5.74, 6) is 1.04. The molecular weight excluding hydrogens is 388 g/mol. The van der Waals surface area contributed by atoms with Gasteiger partial charge in [-0.05, 0) is 55.4 Å². The number of nitrogens with zero attached hydrogens (tertiary/aromatic N) is 2. The van der Waals surface area contributed by atoms with Gasteiger partial charge >= 0.3 is 0 Å². The third-order valence-corrected chi connectivity index (χ3v) is 6.16. The van der Waals surface area contributed by atoms with Crippen LogP contribution in [0.2, 0.25) is 0 Å². The minimum Gasteiger partial charge on any atom is -0.494 e. The Balaban J connectivity index is 1.63. The Morgan fingerprint density at radius 3 is 2.26 bits per heavy atom. The molecule has 0 atom stereocenters. The van der Waals surface area contributed by atoms with Crippen molar-refractivity contribution in [2.45, 2.75) is 33.1 Å². The van der Waals surface area contributed by atoms with E-state index in [2.05, 4.69) is 11.8 Å². The maximum atomic E-state index is 13.5. The molecule has 0 N–H and O–H groups in total. The highest BCUT2D eigenvalue weighted by molar-refractivity contribution is 6.35. The van der Waals surface area contributed by atoms with E-state index < -0.39 is 0 Å². The maximum Gasteiger partial charge on any atom is 0.277 e. The van der Waals surface area contributed by atoms with Gasteiger partial charge in [0.05, 0.1) is 12.2 Å². The van der Waals surface area contributed by atoms with E-state index in [-0.39, 0.29) is 11.8 Å². The van der Waals surface area contributed by atoms with Crippen LogP contribution in [0, 0.1) is 5.92 Å². The third-order valence-electron chi connectivity index (χ3n) is 6.16. The van der Waals surface area contributed by atoms with Crippen molar-refractivity contribution in [1.82, 2.24) is 9.80 Å². The first-order valence-electron chi connectivity index (χ1n) is 11.2. The van der Waals surface area contributed by atoms with E-state index in [4.69, 9.17) is 4.74 Å². The normalized spacial score (nSPS) is 17.6. The number of benzene rings is 2. The van der Waals surface area contributed by atoms with Gasteiger partial charge in [0.1, 0.15) is 11.4 Å². The first-order chi connectivity index (χ1) is 15.1. The molecule has 5 heteroatoms. The van der Waals surface area contributed by atoms with E-state index in [1.54, 1.807) is 0 Å². The summed E-state index contributed by atoms with van der Waals surface area (Å²) >= 11 is 0. The van der Waals surface area contributed by atoms with Crippen molar-refractivity contribution in [2.75, 3.05) is 26.2 Å². The van der Waals surface area contributed by atoms with Crippen molar-refractivity contribution < 1.29 is 14.3 Å². The summed E-state index contributed by atoms with van der Waals surface area (Å²) in [6.45, 7) is 6.77. The quantitative estimate of drug-likeness (QED) is 0.634. The Kier molecular flexibility index (Phi) is 6.40. The highest BCUT2D eigenvalue weighted by Crippen LogP contribution is 2.34. The minimum atomic E-state index is -0.196. The van der Waals surface area contributed by atoms with Gasteiger partial charge in [0.15, 0.2) is 0 Å². The molecule has 0 saturated carbocycles. The number of imide groups is 1. The number of carbonyl (C=O) groups is 2. The van der Waals surface area contributed by atoms with Crippen molar-refractivity contribution in [2.24, 2.45) is 5.92 Å². The molecule has 1 saturated heterocycles. The van der Waals surface area contributed by atoms with E-state index in [0.29, 0.717) is 36.8 Å². The summed E-state index contributed by atoms with van der Waals surface area (Å²) in [5, 5.41) is 0. The van der Waals surface area contributed by atoms with Gasteiger partial charge in [-0.3, -0.25) is 14.5 Å². The number of piperidine rings is 1. The largest absolute Gasteiger partial charge is 0.494 e. The molecule has 2 amide bonds. The molecule has 4 rings (SSSR count). The Morgan fingerprint density at radius 2 is 1.61 bits per heavy atom. The van der Waals surface area contributed by atoms with Crippen LogP contribution in [0.15, 0.2) is 60.3 Å². The van der Waals surface area contributed by atoms with Gasteiger partial charge < -0.3 is 9.64 Å². The summed E-state index contributed by atoms with van der Waals surface area (Å²) in [4.78, 5) is 30.4. The predicted molar refractivity (Wildman–Crippen MR) is 121 cm³/mol. The summed E-state index contributed by atoms with van der Waals surface area (Å²) < 4.78 is 5.55. The molecule has 0 aliphatic carbocycles. The third kappa shape index (κ3) is 4.50. The lowest BCUT2D eigenvalue weighted by molar-refractivity contribution is -0.137.